The molecule has 1 amide bonds. The van der Waals surface area contributed by atoms with Crippen LogP contribution in [0.3, 0.4) is 0 Å². The molecule has 0 aliphatic rings. The smallest absolute Gasteiger partial charge is 0.221 e. The number of furan rings is 1. The van der Waals surface area contributed by atoms with Gasteiger partial charge in [0.1, 0.15) is 5.76 Å². The Morgan fingerprint density at radius 2 is 2.50 bits per heavy atom. The van der Waals surface area contributed by atoms with Crippen LogP contribution in [-0.4, -0.2) is 11.2 Å². The van der Waals surface area contributed by atoms with Gasteiger partial charge in [-0.15, -0.1) is 0 Å². The maximum Gasteiger partial charge on any atom is 0.221 e. The molecule has 0 unspecified atom stereocenters. The number of rotatable bonds is 4. The fourth-order valence-electron chi connectivity index (χ4n) is 0.773. The van der Waals surface area contributed by atoms with Gasteiger partial charge in [0.2, 0.25) is 5.91 Å². The summed E-state index contributed by atoms with van der Waals surface area (Å²) in [5.41, 5.74) is 0. The third-order valence-corrected chi connectivity index (χ3v) is 1.76. The van der Waals surface area contributed by atoms with Crippen molar-refractivity contribution in [2.24, 2.45) is 0 Å². The lowest BCUT2D eigenvalue weighted by Gasteiger charge is -1.99. The average Bonchev–Trinajstić information content (AvgIpc) is 2.53. The molecule has 1 aromatic heterocycles. The van der Waals surface area contributed by atoms with Crippen LogP contribution in [0.4, 0.5) is 0 Å². The Morgan fingerprint density at radius 1 is 1.67 bits per heavy atom. The van der Waals surface area contributed by atoms with E-state index in [-0.39, 0.29) is 5.91 Å². The second-order valence-corrected chi connectivity index (χ2v) is 3.09. The lowest BCUT2D eigenvalue weighted by Crippen LogP contribution is -2.22. The van der Waals surface area contributed by atoms with E-state index >= 15 is 0 Å². The van der Waals surface area contributed by atoms with Crippen LogP contribution >= 0.6 is 15.9 Å². The van der Waals surface area contributed by atoms with Crippen LogP contribution in [0, 0.1) is 0 Å². The first kappa shape index (κ1) is 9.32. The summed E-state index contributed by atoms with van der Waals surface area (Å²) in [5.74, 6) is 0.807. The first-order chi connectivity index (χ1) is 5.83. The maximum absolute atomic E-state index is 11.0. The predicted molar refractivity (Wildman–Crippen MR) is 49.0 cm³/mol. The lowest BCUT2D eigenvalue weighted by atomic mass is 10.4. The standard InChI is InChI=1S/C8H10BrNO2/c9-4-3-8(11)10-6-7-2-1-5-12-7/h1-2,5H,3-4,6H2,(H,10,11). The molecule has 0 atom stereocenters. The molecule has 0 aliphatic carbocycles. The highest BCUT2D eigenvalue weighted by molar-refractivity contribution is 9.09. The van der Waals surface area contributed by atoms with Crippen molar-refractivity contribution in [2.45, 2.75) is 13.0 Å². The van der Waals surface area contributed by atoms with E-state index in [1.54, 1.807) is 12.3 Å². The molecule has 1 rings (SSSR count). The molecule has 1 N–H and O–H groups in total. The number of alkyl halides is 1. The van der Waals surface area contributed by atoms with E-state index in [2.05, 4.69) is 21.2 Å². The van der Waals surface area contributed by atoms with Crippen LogP contribution in [0.2, 0.25) is 0 Å². The second-order valence-electron chi connectivity index (χ2n) is 2.30. The van der Waals surface area contributed by atoms with Gasteiger partial charge in [0, 0.05) is 11.8 Å². The summed E-state index contributed by atoms with van der Waals surface area (Å²) in [6, 6.07) is 3.63. The van der Waals surface area contributed by atoms with Gasteiger partial charge in [-0.25, -0.2) is 0 Å². The Balaban J connectivity index is 2.22. The van der Waals surface area contributed by atoms with Crippen molar-refractivity contribution in [3.05, 3.63) is 24.2 Å². The summed E-state index contributed by atoms with van der Waals surface area (Å²) < 4.78 is 5.04. The molecular weight excluding hydrogens is 222 g/mol. The fraction of sp³-hybridized carbons (Fsp3) is 0.375. The van der Waals surface area contributed by atoms with Gasteiger partial charge >= 0.3 is 0 Å². The minimum absolute atomic E-state index is 0.0308. The van der Waals surface area contributed by atoms with Crippen LogP contribution in [0.1, 0.15) is 12.2 Å². The largest absolute Gasteiger partial charge is 0.467 e. The summed E-state index contributed by atoms with van der Waals surface area (Å²) >= 11 is 3.18. The van der Waals surface area contributed by atoms with Gasteiger partial charge in [0.25, 0.3) is 0 Å². The molecule has 0 saturated carbocycles. The van der Waals surface area contributed by atoms with Gasteiger partial charge in [-0.2, -0.15) is 0 Å². The first-order valence-corrected chi connectivity index (χ1v) is 4.80. The van der Waals surface area contributed by atoms with Crippen molar-refractivity contribution in [2.75, 3.05) is 5.33 Å². The number of hydrogen-bond acceptors (Lipinski definition) is 2. The maximum atomic E-state index is 11.0. The summed E-state index contributed by atoms with van der Waals surface area (Å²) in [6.45, 7) is 0.471. The number of amides is 1. The molecule has 12 heavy (non-hydrogen) atoms. The number of halogens is 1. The van der Waals surface area contributed by atoms with Gasteiger partial charge in [-0.1, -0.05) is 15.9 Å². The summed E-state index contributed by atoms with van der Waals surface area (Å²) in [5, 5.41) is 3.41. The normalized spacial score (nSPS) is 9.75. The minimum Gasteiger partial charge on any atom is -0.467 e. The molecule has 1 aromatic rings. The highest BCUT2D eigenvalue weighted by Gasteiger charge is 2.00. The zero-order chi connectivity index (χ0) is 8.81. The quantitative estimate of drug-likeness (QED) is 0.802. The van der Waals surface area contributed by atoms with Gasteiger partial charge in [-0.3, -0.25) is 4.79 Å². The van der Waals surface area contributed by atoms with Crippen LogP contribution < -0.4 is 5.32 Å². The number of hydrogen-bond donors (Lipinski definition) is 1. The number of nitrogens with one attached hydrogen (secondary N) is 1. The number of carbonyl (C=O) groups is 1. The Kier molecular flexibility index (Phi) is 3.87. The summed E-state index contributed by atoms with van der Waals surface area (Å²) in [6.07, 6.45) is 2.09. The van der Waals surface area contributed by atoms with E-state index in [1.165, 1.54) is 0 Å². The van der Waals surface area contributed by atoms with Crippen LogP contribution in [0.25, 0.3) is 0 Å². The highest BCUT2D eigenvalue weighted by Crippen LogP contribution is 1.98. The van der Waals surface area contributed by atoms with Crippen molar-refractivity contribution in [3.63, 3.8) is 0 Å². The highest BCUT2D eigenvalue weighted by atomic mass is 79.9. The molecule has 4 heteroatoms. The van der Waals surface area contributed by atoms with Crippen molar-refractivity contribution < 1.29 is 9.21 Å². The Bertz CT molecular complexity index is 233. The SMILES string of the molecule is O=C(CCBr)NCc1ccco1. The Morgan fingerprint density at radius 3 is 3.08 bits per heavy atom. The van der Waals surface area contributed by atoms with Crippen LogP contribution in [0.15, 0.2) is 22.8 Å². The van der Waals surface area contributed by atoms with Crippen molar-refractivity contribution >= 4 is 21.8 Å². The topological polar surface area (TPSA) is 42.2 Å². The minimum atomic E-state index is 0.0308. The van der Waals surface area contributed by atoms with E-state index < -0.39 is 0 Å². The molecule has 0 fully saturated rings. The van der Waals surface area contributed by atoms with E-state index in [0.717, 1.165) is 5.76 Å². The zero-order valence-electron chi connectivity index (χ0n) is 6.55. The zero-order valence-corrected chi connectivity index (χ0v) is 8.13. The molecular formula is C8H10BrNO2. The van der Waals surface area contributed by atoms with Crippen LogP contribution in [-0.2, 0) is 11.3 Å². The van der Waals surface area contributed by atoms with E-state index in [1.807, 2.05) is 6.07 Å². The monoisotopic (exact) mass is 231 g/mol. The molecule has 0 saturated heterocycles. The predicted octanol–water partition coefficient (Wildman–Crippen LogP) is 1.68. The molecule has 66 valence electrons. The number of carbonyl (C=O) groups excluding carboxylic acids is 1. The van der Waals surface area contributed by atoms with Crippen molar-refractivity contribution in [1.82, 2.24) is 5.32 Å². The van der Waals surface area contributed by atoms with Crippen LogP contribution in [0.5, 0.6) is 0 Å². The molecule has 3 nitrogen and oxygen atoms in total. The summed E-state index contributed by atoms with van der Waals surface area (Å²) in [7, 11) is 0. The van der Waals surface area contributed by atoms with Gasteiger partial charge < -0.3 is 9.73 Å². The molecule has 1 heterocycles. The van der Waals surface area contributed by atoms with E-state index in [0.29, 0.717) is 18.3 Å². The van der Waals surface area contributed by atoms with E-state index in [9.17, 15) is 4.79 Å². The molecule has 0 radical (unpaired) electrons. The van der Waals surface area contributed by atoms with E-state index in [4.69, 9.17) is 4.42 Å². The Hall–Kier alpha value is -0.770. The fourth-order valence-corrected chi connectivity index (χ4v) is 1.13. The average molecular weight is 232 g/mol. The first-order valence-electron chi connectivity index (χ1n) is 3.68. The van der Waals surface area contributed by atoms with Crippen molar-refractivity contribution in [1.29, 1.82) is 0 Å². The molecule has 0 aliphatic heterocycles. The molecule has 0 aromatic carbocycles. The van der Waals surface area contributed by atoms with Gasteiger partial charge in [0.05, 0.1) is 12.8 Å². The lowest BCUT2D eigenvalue weighted by molar-refractivity contribution is -0.120. The van der Waals surface area contributed by atoms with Gasteiger partial charge in [0.15, 0.2) is 0 Å². The third-order valence-electron chi connectivity index (χ3n) is 1.36. The third kappa shape index (κ3) is 3.09. The Labute approximate surface area is 79.3 Å². The van der Waals surface area contributed by atoms with Gasteiger partial charge in [-0.05, 0) is 12.1 Å². The molecule has 0 bridgehead atoms. The summed E-state index contributed by atoms with van der Waals surface area (Å²) in [4.78, 5) is 11.0. The second kappa shape index (κ2) is 4.98. The van der Waals surface area contributed by atoms with Crippen molar-refractivity contribution in [3.8, 4) is 0 Å². The molecule has 0 spiro atoms.